The third-order valence-corrected chi connectivity index (χ3v) is 4.57. The molecule has 0 amide bonds. The summed E-state index contributed by atoms with van der Waals surface area (Å²) in [7, 11) is 1.64. The van der Waals surface area contributed by atoms with E-state index < -0.39 is 0 Å². The lowest BCUT2D eigenvalue weighted by Crippen LogP contribution is -2.10. The molecule has 0 atom stereocenters. The summed E-state index contributed by atoms with van der Waals surface area (Å²) < 4.78 is 5.22. The van der Waals surface area contributed by atoms with Crippen LogP contribution in [0.25, 0.3) is 0 Å². The van der Waals surface area contributed by atoms with Gasteiger partial charge in [0.15, 0.2) is 0 Å². The second-order valence-corrected chi connectivity index (χ2v) is 7.17. The molecule has 7 nitrogen and oxygen atoms in total. The van der Waals surface area contributed by atoms with E-state index in [1.54, 1.807) is 7.11 Å². The SMILES string of the molecule is C=C1C=CC=C(Nc2nc(Nc3ccc(OC)cc3)nc(Nc3cccc(C)c3)n2)C1. The number of nitrogens with zero attached hydrogens (tertiary/aromatic N) is 3. The quantitative estimate of drug-likeness (QED) is 0.473. The van der Waals surface area contributed by atoms with Crippen molar-refractivity contribution in [3.8, 4) is 5.75 Å². The molecule has 0 aliphatic heterocycles. The molecule has 3 aromatic rings. The van der Waals surface area contributed by atoms with Gasteiger partial charge in [0.05, 0.1) is 7.11 Å². The molecule has 1 heterocycles. The molecule has 1 aliphatic carbocycles. The molecule has 31 heavy (non-hydrogen) atoms. The van der Waals surface area contributed by atoms with Crippen LogP contribution in [0.5, 0.6) is 5.75 Å². The van der Waals surface area contributed by atoms with Crippen LogP contribution < -0.4 is 20.7 Å². The summed E-state index contributed by atoms with van der Waals surface area (Å²) in [5, 5.41) is 9.77. The topological polar surface area (TPSA) is 84.0 Å². The summed E-state index contributed by atoms with van der Waals surface area (Å²) in [6, 6.07) is 15.6. The molecule has 0 radical (unpaired) electrons. The second kappa shape index (κ2) is 9.13. The van der Waals surface area contributed by atoms with Crippen molar-refractivity contribution in [3.63, 3.8) is 0 Å². The van der Waals surface area contributed by atoms with E-state index in [-0.39, 0.29) is 0 Å². The fraction of sp³-hybridized carbons (Fsp3) is 0.125. The van der Waals surface area contributed by atoms with Crippen LogP contribution in [0.4, 0.5) is 29.2 Å². The van der Waals surface area contributed by atoms with Gasteiger partial charge in [0.2, 0.25) is 17.8 Å². The monoisotopic (exact) mass is 412 g/mol. The molecule has 0 saturated heterocycles. The van der Waals surface area contributed by atoms with Gasteiger partial charge in [-0.1, -0.05) is 30.9 Å². The summed E-state index contributed by atoms with van der Waals surface area (Å²) in [4.78, 5) is 13.6. The van der Waals surface area contributed by atoms with E-state index in [1.165, 1.54) is 0 Å². The first-order valence-electron chi connectivity index (χ1n) is 9.90. The van der Waals surface area contributed by atoms with E-state index >= 15 is 0 Å². The Bertz CT molecular complexity index is 1150. The largest absolute Gasteiger partial charge is 0.497 e. The molecule has 1 aromatic heterocycles. The van der Waals surface area contributed by atoms with Crippen LogP contribution in [-0.2, 0) is 0 Å². The van der Waals surface area contributed by atoms with Crippen molar-refractivity contribution in [2.75, 3.05) is 23.1 Å². The fourth-order valence-corrected chi connectivity index (χ4v) is 3.09. The van der Waals surface area contributed by atoms with Crippen LogP contribution >= 0.6 is 0 Å². The average molecular weight is 412 g/mol. The number of rotatable bonds is 7. The lowest BCUT2D eigenvalue weighted by atomic mass is 10.1. The molecule has 4 rings (SSSR count). The highest BCUT2D eigenvalue weighted by molar-refractivity contribution is 5.60. The van der Waals surface area contributed by atoms with E-state index in [2.05, 4.69) is 37.5 Å². The number of ether oxygens (including phenoxy) is 1. The van der Waals surface area contributed by atoms with E-state index in [4.69, 9.17) is 4.74 Å². The minimum atomic E-state index is 0.420. The number of hydrogen-bond acceptors (Lipinski definition) is 7. The maximum atomic E-state index is 5.22. The average Bonchev–Trinajstić information content (AvgIpc) is 2.74. The number of aryl methyl sites for hydroxylation is 1. The maximum Gasteiger partial charge on any atom is 0.233 e. The van der Waals surface area contributed by atoms with Gasteiger partial charge < -0.3 is 20.7 Å². The fourth-order valence-electron chi connectivity index (χ4n) is 3.09. The smallest absolute Gasteiger partial charge is 0.233 e. The lowest BCUT2D eigenvalue weighted by molar-refractivity contribution is 0.415. The Morgan fingerprint density at radius 1 is 0.871 bits per heavy atom. The Balaban J connectivity index is 1.62. The van der Waals surface area contributed by atoms with Gasteiger partial charge in [0.25, 0.3) is 0 Å². The van der Waals surface area contributed by atoms with Gasteiger partial charge in [-0.3, -0.25) is 0 Å². The summed E-state index contributed by atoms with van der Waals surface area (Å²) >= 11 is 0. The molecule has 156 valence electrons. The molecule has 7 heteroatoms. The van der Waals surface area contributed by atoms with Crippen LogP contribution in [0, 0.1) is 6.92 Å². The number of nitrogens with one attached hydrogen (secondary N) is 3. The standard InChI is InChI=1S/C24H24N6O/c1-16-6-4-8-19(14-16)26-23-28-22(25-18-10-12-21(31-3)13-11-18)29-24(30-23)27-20-9-5-7-17(2)15-20/h4-13,15H,1,14H2,2-3H3,(H3,25,26,27,28,29,30). The number of anilines is 5. The van der Waals surface area contributed by atoms with E-state index in [0.29, 0.717) is 24.3 Å². The predicted octanol–water partition coefficient (Wildman–Crippen LogP) is 5.49. The minimum Gasteiger partial charge on any atom is -0.497 e. The molecule has 0 saturated carbocycles. The molecular formula is C24H24N6O. The van der Waals surface area contributed by atoms with Crippen LogP contribution in [0.1, 0.15) is 12.0 Å². The van der Waals surface area contributed by atoms with Crippen molar-refractivity contribution in [3.05, 3.63) is 90.2 Å². The molecule has 3 N–H and O–H groups in total. The Morgan fingerprint density at radius 2 is 1.55 bits per heavy atom. The summed E-state index contributed by atoms with van der Waals surface area (Å²) in [5.41, 5.74) is 4.88. The Hall–Kier alpha value is -4.13. The number of aromatic nitrogens is 3. The molecule has 2 aromatic carbocycles. The van der Waals surface area contributed by atoms with E-state index in [9.17, 15) is 0 Å². The van der Waals surface area contributed by atoms with Gasteiger partial charge in [0.1, 0.15) is 5.75 Å². The Labute approximate surface area is 181 Å². The first-order valence-corrected chi connectivity index (χ1v) is 9.90. The van der Waals surface area contributed by atoms with Crippen LogP contribution in [0.15, 0.2) is 84.6 Å². The van der Waals surface area contributed by atoms with Gasteiger partial charge in [-0.05, 0) is 60.5 Å². The zero-order valence-electron chi connectivity index (χ0n) is 17.5. The first kappa shape index (κ1) is 20.2. The van der Waals surface area contributed by atoms with Gasteiger partial charge in [0, 0.05) is 23.5 Å². The van der Waals surface area contributed by atoms with Crippen molar-refractivity contribution in [1.29, 1.82) is 0 Å². The van der Waals surface area contributed by atoms with Gasteiger partial charge in [-0.2, -0.15) is 15.0 Å². The molecular weight excluding hydrogens is 388 g/mol. The van der Waals surface area contributed by atoms with Crippen molar-refractivity contribution in [2.24, 2.45) is 0 Å². The Morgan fingerprint density at radius 3 is 2.19 bits per heavy atom. The zero-order valence-corrected chi connectivity index (χ0v) is 17.5. The Kier molecular flexibility index (Phi) is 5.93. The first-order chi connectivity index (χ1) is 15.1. The van der Waals surface area contributed by atoms with Gasteiger partial charge in [-0.25, -0.2) is 0 Å². The van der Waals surface area contributed by atoms with E-state index in [1.807, 2.05) is 73.7 Å². The zero-order chi connectivity index (χ0) is 21.6. The summed E-state index contributed by atoms with van der Waals surface area (Å²) in [6.45, 7) is 6.06. The molecule has 0 fully saturated rings. The van der Waals surface area contributed by atoms with Crippen molar-refractivity contribution in [1.82, 2.24) is 15.0 Å². The van der Waals surface area contributed by atoms with Crippen LogP contribution in [-0.4, -0.2) is 22.1 Å². The third-order valence-electron chi connectivity index (χ3n) is 4.57. The predicted molar refractivity (Wildman–Crippen MR) is 125 cm³/mol. The third kappa shape index (κ3) is 5.48. The second-order valence-electron chi connectivity index (χ2n) is 7.17. The molecule has 1 aliphatic rings. The highest BCUT2D eigenvalue weighted by Gasteiger charge is 2.11. The van der Waals surface area contributed by atoms with E-state index in [0.717, 1.165) is 34.0 Å². The van der Waals surface area contributed by atoms with Crippen LogP contribution in [0.3, 0.4) is 0 Å². The molecule has 0 bridgehead atoms. The number of benzene rings is 2. The molecule has 0 spiro atoms. The molecule has 0 unspecified atom stereocenters. The number of allylic oxidation sites excluding steroid dienone is 4. The van der Waals surface area contributed by atoms with Gasteiger partial charge in [-0.15, -0.1) is 0 Å². The van der Waals surface area contributed by atoms with Gasteiger partial charge >= 0.3 is 0 Å². The number of hydrogen-bond donors (Lipinski definition) is 3. The van der Waals surface area contributed by atoms with Crippen molar-refractivity contribution < 1.29 is 4.74 Å². The lowest BCUT2D eigenvalue weighted by Gasteiger charge is -2.15. The highest BCUT2D eigenvalue weighted by Crippen LogP contribution is 2.23. The van der Waals surface area contributed by atoms with Crippen molar-refractivity contribution >= 4 is 29.2 Å². The normalized spacial score (nSPS) is 12.8. The highest BCUT2D eigenvalue weighted by atomic mass is 16.5. The van der Waals surface area contributed by atoms with Crippen LogP contribution in [0.2, 0.25) is 0 Å². The minimum absolute atomic E-state index is 0.420. The summed E-state index contributed by atoms with van der Waals surface area (Å²) in [6.07, 6.45) is 6.64. The maximum absolute atomic E-state index is 5.22. The number of methoxy groups -OCH3 is 1. The van der Waals surface area contributed by atoms with Crippen molar-refractivity contribution in [2.45, 2.75) is 13.3 Å². The summed E-state index contributed by atoms with van der Waals surface area (Å²) in [5.74, 6) is 2.08.